The molecule has 0 bridgehead atoms. The average Bonchev–Trinajstić information content (AvgIpc) is 3.55. The fourth-order valence-corrected chi connectivity index (χ4v) is 5.57. The van der Waals surface area contributed by atoms with Gasteiger partial charge >= 0.3 is 0 Å². The number of nitrogens with one attached hydrogen (secondary N) is 1. The van der Waals surface area contributed by atoms with Crippen LogP contribution in [-0.4, -0.2) is 49.8 Å². The summed E-state index contributed by atoms with van der Waals surface area (Å²) < 4.78 is 33.5. The Labute approximate surface area is 167 Å². The van der Waals surface area contributed by atoms with Crippen molar-refractivity contribution in [3.63, 3.8) is 0 Å². The Balaban J connectivity index is 1.51. The molecule has 2 heterocycles. The van der Waals surface area contributed by atoms with Gasteiger partial charge in [-0.05, 0) is 37.4 Å². The molecule has 1 aromatic carbocycles. The first-order valence-electron chi connectivity index (χ1n) is 9.83. The van der Waals surface area contributed by atoms with E-state index in [1.54, 1.807) is 7.11 Å². The minimum atomic E-state index is -3.25. The van der Waals surface area contributed by atoms with Crippen molar-refractivity contribution < 1.29 is 13.2 Å². The summed E-state index contributed by atoms with van der Waals surface area (Å²) in [5, 5.41) is -0.209. The van der Waals surface area contributed by atoms with Gasteiger partial charge in [0.15, 0.2) is 0 Å². The molecule has 1 aromatic heterocycles. The number of benzene rings is 1. The SMILES string of the molecule is COc1cccc(CN2CC[C@@H](c3ccccc3)[C@@H](NS(=O)(=O)C3CC3)C2)n1. The van der Waals surface area contributed by atoms with E-state index in [1.165, 1.54) is 5.56 Å². The molecule has 0 unspecified atom stereocenters. The third-order valence-electron chi connectivity index (χ3n) is 5.58. The highest BCUT2D eigenvalue weighted by Crippen LogP contribution is 2.33. The molecule has 2 aromatic rings. The van der Waals surface area contributed by atoms with Crippen molar-refractivity contribution in [1.82, 2.24) is 14.6 Å². The van der Waals surface area contributed by atoms with Gasteiger partial charge in [-0.1, -0.05) is 36.4 Å². The van der Waals surface area contributed by atoms with E-state index in [0.717, 1.165) is 31.5 Å². The number of ether oxygens (including phenoxy) is 1. The number of rotatable bonds is 7. The second-order valence-corrected chi connectivity index (χ2v) is 9.67. The normalized spacial score (nSPS) is 23.5. The molecule has 0 spiro atoms. The third-order valence-corrected chi connectivity index (χ3v) is 7.56. The van der Waals surface area contributed by atoms with E-state index in [0.29, 0.717) is 19.0 Å². The van der Waals surface area contributed by atoms with Gasteiger partial charge in [-0.25, -0.2) is 18.1 Å². The number of hydrogen-bond acceptors (Lipinski definition) is 5. The Morgan fingerprint density at radius 1 is 1.11 bits per heavy atom. The molecule has 2 atom stereocenters. The summed E-state index contributed by atoms with van der Waals surface area (Å²) in [5.74, 6) is 0.784. The van der Waals surface area contributed by atoms with E-state index in [1.807, 2.05) is 36.4 Å². The van der Waals surface area contributed by atoms with Crippen LogP contribution in [0.5, 0.6) is 5.88 Å². The van der Waals surface area contributed by atoms with E-state index in [-0.39, 0.29) is 17.2 Å². The Morgan fingerprint density at radius 2 is 1.89 bits per heavy atom. The smallest absolute Gasteiger partial charge is 0.214 e. The van der Waals surface area contributed by atoms with Crippen LogP contribution >= 0.6 is 0 Å². The average molecular weight is 402 g/mol. The molecule has 1 N–H and O–H groups in total. The van der Waals surface area contributed by atoms with Gasteiger partial charge in [0.05, 0.1) is 18.1 Å². The molecular formula is C21H27N3O3S. The molecule has 0 radical (unpaired) electrons. The van der Waals surface area contributed by atoms with Crippen LogP contribution in [0, 0.1) is 0 Å². The topological polar surface area (TPSA) is 71.5 Å². The second kappa shape index (κ2) is 8.19. The van der Waals surface area contributed by atoms with E-state index < -0.39 is 10.0 Å². The number of nitrogens with zero attached hydrogens (tertiary/aromatic N) is 2. The molecule has 6 nitrogen and oxygen atoms in total. The summed E-state index contributed by atoms with van der Waals surface area (Å²) in [7, 11) is -1.64. The largest absolute Gasteiger partial charge is 0.481 e. The molecule has 1 aliphatic carbocycles. The quantitative estimate of drug-likeness (QED) is 0.772. The molecule has 28 heavy (non-hydrogen) atoms. The van der Waals surface area contributed by atoms with Crippen LogP contribution in [0.4, 0.5) is 0 Å². The zero-order chi connectivity index (χ0) is 19.6. The highest BCUT2D eigenvalue weighted by Gasteiger charge is 2.40. The van der Waals surface area contributed by atoms with Crippen molar-refractivity contribution in [2.45, 2.75) is 43.0 Å². The lowest BCUT2D eigenvalue weighted by Crippen LogP contribution is -2.52. The zero-order valence-corrected chi connectivity index (χ0v) is 16.9. The number of pyridine rings is 1. The first-order chi connectivity index (χ1) is 13.5. The Hall–Kier alpha value is -1.96. The number of hydrogen-bond donors (Lipinski definition) is 1. The highest BCUT2D eigenvalue weighted by atomic mass is 32.2. The molecule has 4 rings (SSSR count). The molecular weight excluding hydrogens is 374 g/mol. The summed E-state index contributed by atoms with van der Waals surface area (Å²) in [6.07, 6.45) is 2.46. The van der Waals surface area contributed by atoms with Gasteiger partial charge < -0.3 is 4.74 Å². The molecule has 1 aliphatic heterocycles. The number of piperidine rings is 1. The highest BCUT2D eigenvalue weighted by molar-refractivity contribution is 7.90. The number of likely N-dealkylation sites (tertiary alicyclic amines) is 1. The third kappa shape index (κ3) is 4.54. The summed E-state index contributed by atoms with van der Waals surface area (Å²) in [6, 6.07) is 15.9. The van der Waals surface area contributed by atoms with Gasteiger partial charge in [0.2, 0.25) is 15.9 Å². The predicted octanol–water partition coefficient (Wildman–Crippen LogP) is 2.53. The van der Waals surface area contributed by atoms with Gasteiger partial charge in [0, 0.05) is 31.1 Å². The van der Waals surface area contributed by atoms with E-state index in [2.05, 4.69) is 26.7 Å². The number of sulfonamides is 1. The molecule has 2 aliphatic rings. The van der Waals surface area contributed by atoms with Crippen molar-refractivity contribution in [1.29, 1.82) is 0 Å². The summed E-state index contributed by atoms with van der Waals surface area (Å²) in [5.41, 5.74) is 2.13. The van der Waals surface area contributed by atoms with Crippen molar-refractivity contribution in [2.75, 3.05) is 20.2 Å². The molecule has 1 saturated carbocycles. The van der Waals surface area contributed by atoms with Crippen LogP contribution in [0.15, 0.2) is 48.5 Å². The maximum absolute atomic E-state index is 12.6. The summed E-state index contributed by atoms with van der Waals surface area (Å²) >= 11 is 0. The van der Waals surface area contributed by atoms with Gasteiger partial charge in [-0.15, -0.1) is 0 Å². The van der Waals surface area contributed by atoms with E-state index >= 15 is 0 Å². The lowest BCUT2D eigenvalue weighted by Gasteiger charge is -2.39. The Morgan fingerprint density at radius 3 is 2.61 bits per heavy atom. The van der Waals surface area contributed by atoms with Crippen LogP contribution in [0.3, 0.4) is 0 Å². The minimum Gasteiger partial charge on any atom is -0.481 e. The van der Waals surface area contributed by atoms with Crippen LogP contribution < -0.4 is 9.46 Å². The Bertz CT molecular complexity index is 900. The van der Waals surface area contributed by atoms with Crippen molar-refractivity contribution >= 4 is 10.0 Å². The maximum Gasteiger partial charge on any atom is 0.214 e. The van der Waals surface area contributed by atoms with Crippen LogP contribution in [0.1, 0.15) is 36.4 Å². The van der Waals surface area contributed by atoms with Gasteiger partial charge in [-0.3, -0.25) is 4.90 Å². The van der Waals surface area contributed by atoms with Crippen LogP contribution in [-0.2, 0) is 16.6 Å². The lowest BCUT2D eigenvalue weighted by atomic mass is 9.86. The summed E-state index contributed by atoms with van der Waals surface area (Å²) in [6.45, 7) is 2.25. The first-order valence-corrected chi connectivity index (χ1v) is 11.4. The predicted molar refractivity (Wildman–Crippen MR) is 109 cm³/mol. The van der Waals surface area contributed by atoms with Crippen LogP contribution in [0.25, 0.3) is 0 Å². The van der Waals surface area contributed by atoms with E-state index in [4.69, 9.17) is 4.74 Å². The van der Waals surface area contributed by atoms with Gasteiger partial charge in [0.25, 0.3) is 0 Å². The van der Waals surface area contributed by atoms with Crippen molar-refractivity contribution in [3.8, 4) is 5.88 Å². The Kier molecular flexibility index (Phi) is 5.66. The molecule has 0 amide bonds. The molecule has 150 valence electrons. The van der Waals surface area contributed by atoms with Crippen LogP contribution in [0.2, 0.25) is 0 Å². The van der Waals surface area contributed by atoms with Gasteiger partial charge in [-0.2, -0.15) is 0 Å². The zero-order valence-electron chi connectivity index (χ0n) is 16.1. The van der Waals surface area contributed by atoms with E-state index in [9.17, 15) is 8.42 Å². The summed E-state index contributed by atoms with van der Waals surface area (Å²) in [4.78, 5) is 6.78. The van der Waals surface area contributed by atoms with Gasteiger partial charge in [0.1, 0.15) is 0 Å². The minimum absolute atomic E-state index is 0.132. The lowest BCUT2D eigenvalue weighted by molar-refractivity contribution is 0.174. The number of methoxy groups -OCH3 is 1. The second-order valence-electron chi connectivity index (χ2n) is 7.68. The maximum atomic E-state index is 12.6. The fraction of sp³-hybridized carbons (Fsp3) is 0.476. The van der Waals surface area contributed by atoms with Crippen molar-refractivity contribution in [3.05, 3.63) is 59.8 Å². The monoisotopic (exact) mass is 401 g/mol. The standard InChI is InChI=1S/C21H27N3O3S/c1-27-21-9-5-8-17(22-21)14-24-13-12-19(16-6-3-2-4-7-16)20(15-24)23-28(25,26)18-10-11-18/h2-9,18-20,23H,10-15H2,1H3/t19-,20-/m0/s1. The molecule has 7 heteroatoms. The molecule has 2 fully saturated rings. The fourth-order valence-electron chi connectivity index (χ4n) is 3.96. The number of aromatic nitrogens is 1. The van der Waals surface area contributed by atoms with Crippen molar-refractivity contribution in [2.24, 2.45) is 0 Å². The first kappa shape index (κ1) is 19.4. The molecule has 1 saturated heterocycles.